The first-order valence-electron chi connectivity index (χ1n) is 10.4. The van der Waals surface area contributed by atoms with Gasteiger partial charge in [0.2, 0.25) is 10.0 Å². The number of nitrogens with one attached hydrogen (secondary N) is 1. The molecule has 0 unspecified atom stereocenters. The fourth-order valence-corrected chi connectivity index (χ4v) is 5.58. The third-order valence-electron chi connectivity index (χ3n) is 5.84. The molecule has 3 aromatic rings. The smallest absolute Gasteiger partial charge is 0.270 e. The van der Waals surface area contributed by atoms with Gasteiger partial charge in [-0.1, -0.05) is 6.07 Å². The zero-order valence-corrected chi connectivity index (χ0v) is 19.5. The van der Waals surface area contributed by atoms with Crippen molar-refractivity contribution in [3.8, 4) is 11.5 Å². The van der Waals surface area contributed by atoms with Crippen LogP contribution in [0, 0.1) is 13.8 Å². The standard InChI is InChI=1S/C23H27N3O5S/c1-15-11-16(2)18-14-20(24-19(18)12-15)23(27)25-7-9-26(10-8-25)32(28,29)17-5-6-21(30-3)22(13-17)31-4/h5-6,11-14,24H,7-10H2,1-4H3. The van der Waals surface area contributed by atoms with E-state index in [1.165, 1.54) is 30.7 Å². The van der Waals surface area contributed by atoms with Crippen LogP contribution in [0.2, 0.25) is 0 Å². The summed E-state index contributed by atoms with van der Waals surface area (Å²) in [5.74, 6) is 0.693. The number of hydrogen-bond donors (Lipinski definition) is 1. The maximum absolute atomic E-state index is 13.1. The van der Waals surface area contributed by atoms with E-state index in [9.17, 15) is 13.2 Å². The van der Waals surface area contributed by atoms with Crippen LogP contribution < -0.4 is 9.47 Å². The Morgan fingerprint density at radius 3 is 2.28 bits per heavy atom. The highest BCUT2D eigenvalue weighted by Gasteiger charge is 2.31. The van der Waals surface area contributed by atoms with Gasteiger partial charge < -0.3 is 19.4 Å². The minimum Gasteiger partial charge on any atom is -0.493 e. The molecule has 9 heteroatoms. The summed E-state index contributed by atoms with van der Waals surface area (Å²) in [4.78, 5) is 18.1. The third kappa shape index (κ3) is 3.93. The molecule has 1 aromatic heterocycles. The zero-order chi connectivity index (χ0) is 23.0. The molecular formula is C23H27N3O5S. The van der Waals surface area contributed by atoms with Crippen LogP contribution in [0.25, 0.3) is 10.9 Å². The first-order chi connectivity index (χ1) is 15.2. The minimum atomic E-state index is -3.71. The fraction of sp³-hybridized carbons (Fsp3) is 0.348. The van der Waals surface area contributed by atoms with Crippen LogP contribution in [-0.4, -0.2) is 68.9 Å². The Bertz CT molecular complexity index is 1270. The van der Waals surface area contributed by atoms with Crippen LogP contribution in [0.4, 0.5) is 0 Å². The van der Waals surface area contributed by atoms with Crippen LogP contribution >= 0.6 is 0 Å². The quantitative estimate of drug-likeness (QED) is 0.636. The van der Waals surface area contributed by atoms with Crippen LogP contribution in [0.3, 0.4) is 0 Å². The van der Waals surface area contributed by atoms with Crippen molar-refractivity contribution < 1.29 is 22.7 Å². The second-order valence-corrected chi connectivity index (χ2v) is 9.88. The number of aromatic nitrogens is 1. The molecule has 1 fully saturated rings. The minimum absolute atomic E-state index is 0.124. The van der Waals surface area contributed by atoms with Gasteiger partial charge in [0.15, 0.2) is 11.5 Å². The molecule has 2 heterocycles. The maximum Gasteiger partial charge on any atom is 0.270 e. The molecule has 0 aliphatic carbocycles. The number of nitrogens with zero attached hydrogens (tertiary/aromatic N) is 2. The number of hydrogen-bond acceptors (Lipinski definition) is 5. The van der Waals surface area contributed by atoms with Gasteiger partial charge in [-0.15, -0.1) is 0 Å². The van der Waals surface area contributed by atoms with Crippen molar-refractivity contribution in [1.29, 1.82) is 0 Å². The highest BCUT2D eigenvalue weighted by molar-refractivity contribution is 7.89. The number of methoxy groups -OCH3 is 2. The molecule has 0 bridgehead atoms. The van der Waals surface area contributed by atoms with Gasteiger partial charge in [-0.3, -0.25) is 4.79 Å². The van der Waals surface area contributed by atoms with E-state index in [0.717, 1.165) is 22.0 Å². The Morgan fingerprint density at radius 1 is 0.938 bits per heavy atom. The molecule has 8 nitrogen and oxygen atoms in total. The summed E-state index contributed by atoms with van der Waals surface area (Å²) in [6.45, 7) is 5.13. The average Bonchev–Trinajstić information content (AvgIpc) is 3.22. The molecule has 0 radical (unpaired) electrons. The van der Waals surface area contributed by atoms with E-state index in [4.69, 9.17) is 9.47 Å². The van der Waals surface area contributed by atoms with E-state index >= 15 is 0 Å². The van der Waals surface area contributed by atoms with Crippen LogP contribution in [-0.2, 0) is 10.0 Å². The number of aromatic amines is 1. The summed E-state index contributed by atoms with van der Waals surface area (Å²) < 4.78 is 38.0. The Labute approximate surface area is 187 Å². The molecule has 4 rings (SSSR count). The number of piperazine rings is 1. The van der Waals surface area contributed by atoms with Gasteiger partial charge in [-0.05, 0) is 49.2 Å². The van der Waals surface area contributed by atoms with Crippen molar-refractivity contribution in [2.75, 3.05) is 40.4 Å². The molecule has 170 valence electrons. The summed E-state index contributed by atoms with van der Waals surface area (Å²) >= 11 is 0. The summed E-state index contributed by atoms with van der Waals surface area (Å²) in [5.41, 5.74) is 3.69. The first kappa shape index (κ1) is 22.2. The molecule has 0 saturated carbocycles. The number of sulfonamides is 1. The normalized spacial score (nSPS) is 15.2. The molecule has 0 spiro atoms. The number of aryl methyl sites for hydroxylation is 2. The number of amides is 1. The summed E-state index contributed by atoms with van der Waals surface area (Å²) in [7, 11) is -0.751. The van der Waals surface area contributed by atoms with Gasteiger partial charge in [0, 0.05) is 43.1 Å². The maximum atomic E-state index is 13.1. The van der Waals surface area contributed by atoms with Crippen LogP contribution in [0.1, 0.15) is 21.6 Å². The highest BCUT2D eigenvalue weighted by Crippen LogP contribution is 2.31. The number of ether oxygens (including phenoxy) is 2. The van der Waals surface area contributed by atoms with E-state index in [1.54, 1.807) is 11.0 Å². The molecule has 1 aliphatic heterocycles. The van der Waals surface area contributed by atoms with E-state index in [0.29, 0.717) is 30.3 Å². The van der Waals surface area contributed by atoms with E-state index < -0.39 is 10.0 Å². The molecule has 1 N–H and O–H groups in total. The number of H-pyrrole nitrogens is 1. The molecule has 1 amide bonds. The lowest BCUT2D eigenvalue weighted by Gasteiger charge is -2.33. The predicted molar refractivity (Wildman–Crippen MR) is 122 cm³/mol. The SMILES string of the molecule is COc1ccc(S(=O)(=O)N2CCN(C(=O)c3cc4c(C)cc(C)cc4[nH]3)CC2)cc1OC. The Balaban J connectivity index is 1.49. The largest absolute Gasteiger partial charge is 0.493 e. The second-order valence-electron chi connectivity index (χ2n) is 7.94. The summed E-state index contributed by atoms with van der Waals surface area (Å²) in [6, 6.07) is 10.5. The monoisotopic (exact) mass is 457 g/mol. The number of fused-ring (bicyclic) bond motifs is 1. The Morgan fingerprint density at radius 2 is 1.62 bits per heavy atom. The molecule has 32 heavy (non-hydrogen) atoms. The second kappa shape index (κ2) is 8.48. The van der Waals surface area contributed by atoms with Gasteiger partial charge >= 0.3 is 0 Å². The van der Waals surface area contributed by atoms with Crippen LogP contribution in [0.5, 0.6) is 11.5 Å². The molecule has 2 aromatic carbocycles. The molecule has 0 atom stereocenters. The van der Waals surface area contributed by atoms with Gasteiger partial charge in [0.05, 0.1) is 19.1 Å². The van der Waals surface area contributed by atoms with Gasteiger partial charge in [0.1, 0.15) is 5.69 Å². The van der Waals surface area contributed by atoms with Crippen molar-refractivity contribution in [2.45, 2.75) is 18.7 Å². The van der Waals surface area contributed by atoms with Crippen LogP contribution in [0.15, 0.2) is 41.3 Å². The molecular weight excluding hydrogens is 430 g/mol. The lowest BCUT2D eigenvalue weighted by atomic mass is 10.1. The van der Waals surface area contributed by atoms with Crippen molar-refractivity contribution in [3.05, 3.63) is 53.2 Å². The van der Waals surface area contributed by atoms with Crippen molar-refractivity contribution >= 4 is 26.8 Å². The van der Waals surface area contributed by atoms with E-state index in [2.05, 4.69) is 11.1 Å². The fourth-order valence-electron chi connectivity index (χ4n) is 4.14. The number of carbonyl (C=O) groups is 1. The lowest BCUT2D eigenvalue weighted by Crippen LogP contribution is -2.50. The Kier molecular flexibility index (Phi) is 5.87. The summed E-state index contributed by atoms with van der Waals surface area (Å²) in [6.07, 6.45) is 0. The third-order valence-corrected chi connectivity index (χ3v) is 7.73. The topological polar surface area (TPSA) is 91.9 Å². The molecule has 1 aliphatic rings. The Hall–Kier alpha value is -3.04. The number of rotatable bonds is 5. The first-order valence-corrected chi connectivity index (χ1v) is 11.8. The van der Waals surface area contributed by atoms with Gasteiger partial charge in [-0.25, -0.2) is 8.42 Å². The van der Waals surface area contributed by atoms with Crippen molar-refractivity contribution in [3.63, 3.8) is 0 Å². The predicted octanol–water partition coefficient (Wildman–Crippen LogP) is 2.95. The van der Waals surface area contributed by atoms with Crippen molar-refractivity contribution in [1.82, 2.24) is 14.2 Å². The zero-order valence-electron chi connectivity index (χ0n) is 18.6. The summed E-state index contributed by atoms with van der Waals surface area (Å²) in [5, 5.41) is 1.02. The average molecular weight is 458 g/mol. The number of carbonyl (C=O) groups excluding carboxylic acids is 1. The number of benzene rings is 2. The van der Waals surface area contributed by atoms with Gasteiger partial charge in [0.25, 0.3) is 5.91 Å². The highest BCUT2D eigenvalue weighted by atomic mass is 32.2. The van der Waals surface area contributed by atoms with E-state index in [-0.39, 0.29) is 23.9 Å². The van der Waals surface area contributed by atoms with Crippen molar-refractivity contribution in [2.24, 2.45) is 0 Å². The lowest BCUT2D eigenvalue weighted by molar-refractivity contribution is 0.0693. The van der Waals surface area contributed by atoms with E-state index in [1.807, 2.05) is 26.0 Å². The van der Waals surface area contributed by atoms with Gasteiger partial charge in [-0.2, -0.15) is 4.31 Å². The molecule has 1 saturated heterocycles.